The van der Waals surface area contributed by atoms with Gasteiger partial charge in [0.25, 0.3) is 11.5 Å². The van der Waals surface area contributed by atoms with E-state index in [1.54, 1.807) is 30.1 Å². The van der Waals surface area contributed by atoms with Gasteiger partial charge in [0.1, 0.15) is 5.56 Å². The molecule has 0 bridgehead atoms. The number of rotatable bonds is 3. The largest absolute Gasteiger partial charge is 0.328 e. The number of pyridine rings is 1. The standard InChI is InChI=1S/C12H16N2O2S/c1-2-4-10-14(7-8-17-10)12(16)9-5-3-6-13-11(9)15/h3,5-6,10H,2,4,7-8H2,1H3,(H,13,15). The molecule has 1 N–H and O–H groups in total. The summed E-state index contributed by atoms with van der Waals surface area (Å²) in [6.07, 6.45) is 3.58. The Bertz CT molecular complexity index is 458. The fourth-order valence-electron chi connectivity index (χ4n) is 1.98. The number of hydrogen-bond donors (Lipinski definition) is 1. The number of carbonyl (C=O) groups is 1. The van der Waals surface area contributed by atoms with Gasteiger partial charge in [0.2, 0.25) is 0 Å². The van der Waals surface area contributed by atoms with Gasteiger partial charge in [-0.1, -0.05) is 13.3 Å². The Kier molecular flexibility index (Phi) is 3.89. The molecule has 1 fully saturated rings. The number of nitrogens with one attached hydrogen (secondary N) is 1. The van der Waals surface area contributed by atoms with E-state index in [4.69, 9.17) is 0 Å². The van der Waals surface area contributed by atoms with E-state index in [-0.39, 0.29) is 22.4 Å². The zero-order chi connectivity index (χ0) is 12.3. The van der Waals surface area contributed by atoms with Crippen LogP contribution in [-0.2, 0) is 0 Å². The van der Waals surface area contributed by atoms with Crippen LogP contribution >= 0.6 is 11.8 Å². The molecule has 1 aromatic heterocycles. The third-order valence-corrected chi connectivity index (χ3v) is 4.13. The molecule has 0 radical (unpaired) electrons. The molecule has 0 aromatic carbocycles. The molecule has 1 aromatic rings. The molecular weight excluding hydrogens is 236 g/mol. The maximum atomic E-state index is 12.2. The molecule has 0 spiro atoms. The highest BCUT2D eigenvalue weighted by molar-refractivity contribution is 8.00. The molecule has 1 amide bonds. The van der Waals surface area contributed by atoms with Gasteiger partial charge in [-0.3, -0.25) is 9.59 Å². The molecule has 4 nitrogen and oxygen atoms in total. The number of amides is 1. The second kappa shape index (κ2) is 5.40. The van der Waals surface area contributed by atoms with Crippen molar-refractivity contribution in [3.8, 4) is 0 Å². The minimum absolute atomic E-state index is 0.143. The van der Waals surface area contributed by atoms with E-state index in [1.165, 1.54) is 0 Å². The first kappa shape index (κ1) is 12.2. The first-order valence-electron chi connectivity index (χ1n) is 5.84. The van der Waals surface area contributed by atoms with Crippen molar-refractivity contribution in [2.24, 2.45) is 0 Å². The lowest BCUT2D eigenvalue weighted by Crippen LogP contribution is -2.37. The van der Waals surface area contributed by atoms with Crippen molar-refractivity contribution >= 4 is 17.7 Å². The molecular formula is C12H16N2O2S. The van der Waals surface area contributed by atoms with Crippen molar-refractivity contribution in [2.75, 3.05) is 12.3 Å². The quantitative estimate of drug-likeness (QED) is 0.890. The molecule has 1 saturated heterocycles. The summed E-state index contributed by atoms with van der Waals surface area (Å²) in [5.41, 5.74) is -0.0549. The van der Waals surface area contributed by atoms with Gasteiger partial charge in [-0.15, -0.1) is 11.8 Å². The molecule has 17 heavy (non-hydrogen) atoms. The predicted octanol–water partition coefficient (Wildman–Crippen LogP) is 1.69. The van der Waals surface area contributed by atoms with Crippen molar-refractivity contribution in [2.45, 2.75) is 25.1 Å². The van der Waals surface area contributed by atoms with Crippen molar-refractivity contribution in [3.05, 3.63) is 34.2 Å². The predicted molar refractivity (Wildman–Crippen MR) is 69.3 cm³/mol. The van der Waals surface area contributed by atoms with Crippen LogP contribution in [0.15, 0.2) is 23.1 Å². The van der Waals surface area contributed by atoms with Crippen LogP contribution in [0.1, 0.15) is 30.1 Å². The van der Waals surface area contributed by atoms with Gasteiger partial charge < -0.3 is 9.88 Å². The minimum atomic E-state index is -0.301. The Hall–Kier alpha value is -1.23. The first-order valence-corrected chi connectivity index (χ1v) is 6.89. The topological polar surface area (TPSA) is 53.2 Å². The van der Waals surface area contributed by atoms with E-state index in [1.807, 2.05) is 4.90 Å². The molecule has 2 rings (SSSR count). The van der Waals surface area contributed by atoms with Crippen molar-refractivity contribution in [1.82, 2.24) is 9.88 Å². The van der Waals surface area contributed by atoms with Gasteiger partial charge in [0, 0.05) is 18.5 Å². The number of hydrogen-bond acceptors (Lipinski definition) is 3. The Balaban J connectivity index is 2.20. The summed E-state index contributed by atoms with van der Waals surface area (Å²) in [6, 6.07) is 3.28. The number of H-pyrrole nitrogens is 1. The number of nitrogens with zero attached hydrogens (tertiary/aromatic N) is 1. The number of aromatic nitrogens is 1. The lowest BCUT2D eigenvalue weighted by molar-refractivity contribution is 0.0754. The molecule has 1 atom stereocenters. The van der Waals surface area contributed by atoms with Gasteiger partial charge in [0.05, 0.1) is 5.37 Å². The second-order valence-corrected chi connectivity index (χ2v) is 5.31. The van der Waals surface area contributed by atoms with E-state index in [2.05, 4.69) is 11.9 Å². The summed E-state index contributed by atoms with van der Waals surface area (Å²) in [4.78, 5) is 28.2. The second-order valence-electron chi connectivity index (χ2n) is 4.03. The van der Waals surface area contributed by atoms with Gasteiger partial charge in [-0.05, 0) is 18.6 Å². The Labute approximate surface area is 104 Å². The van der Waals surface area contributed by atoms with E-state index in [9.17, 15) is 9.59 Å². The maximum Gasteiger partial charge on any atom is 0.260 e. The third-order valence-electron chi connectivity index (χ3n) is 2.84. The van der Waals surface area contributed by atoms with E-state index >= 15 is 0 Å². The number of thioether (sulfide) groups is 1. The first-order chi connectivity index (χ1) is 8.24. The summed E-state index contributed by atoms with van der Waals surface area (Å²) in [7, 11) is 0. The van der Waals surface area contributed by atoms with Crippen LogP contribution in [0, 0.1) is 0 Å². The van der Waals surface area contributed by atoms with Crippen molar-refractivity contribution < 1.29 is 4.79 Å². The maximum absolute atomic E-state index is 12.2. The normalized spacial score (nSPS) is 19.6. The van der Waals surface area contributed by atoms with Crippen LogP contribution in [-0.4, -0.2) is 33.5 Å². The average molecular weight is 252 g/mol. The fraction of sp³-hybridized carbons (Fsp3) is 0.500. The molecule has 1 aliphatic heterocycles. The zero-order valence-electron chi connectivity index (χ0n) is 9.81. The summed E-state index contributed by atoms with van der Waals surface area (Å²) in [5, 5.41) is 0.229. The monoisotopic (exact) mass is 252 g/mol. The lowest BCUT2D eigenvalue weighted by atomic mass is 10.2. The van der Waals surface area contributed by atoms with Crippen LogP contribution in [0.5, 0.6) is 0 Å². The molecule has 1 aliphatic rings. The Morgan fingerprint density at radius 1 is 1.65 bits per heavy atom. The lowest BCUT2D eigenvalue weighted by Gasteiger charge is -2.23. The van der Waals surface area contributed by atoms with E-state index < -0.39 is 0 Å². The number of aromatic amines is 1. The van der Waals surface area contributed by atoms with Gasteiger partial charge in [-0.25, -0.2) is 0 Å². The Morgan fingerprint density at radius 2 is 2.47 bits per heavy atom. The van der Waals surface area contributed by atoms with Gasteiger partial charge in [-0.2, -0.15) is 0 Å². The van der Waals surface area contributed by atoms with E-state index in [0.717, 1.165) is 25.1 Å². The average Bonchev–Trinajstić information content (AvgIpc) is 2.78. The molecule has 0 saturated carbocycles. The van der Waals surface area contributed by atoms with Crippen LogP contribution in [0.3, 0.4) is 0 Å². The fourth-order valence-corrected chi connectivity index (χ4v) is 3.34. The molecule has 92 valence electrons. The van der Waals surface area contributed by atoms with Crippen LogP contribution in [0.4, 0.5) is 0 Å². The molecule has 1 unspecified atom stereocenters. The highest BCUT2D eigenvalue weighted by atomic mass is 32.2. The number of carbonyl (C=O) groups excluding carboxylic acids is 1. The van der Waals surface area contributed by atoms with Gasteiger partial charge >= 0.3 is 0 Å². The van der Waals surface area contributed by atoms with Crippen molar-refractivity contribution in [1.29, 1.82) is 0 Å². The van der Waals surface area contributed by atoms with Crippen LogP contribution in [0.2, 0.25) is 0 Å². The zero-order valence-corrected chi connectivity index (χ0v) is 10.6. The van der Waals surface area contributed by atoms with E-state index in [0.29, 0.717) is 0 Å². The van der Waals surface area contributed by atoms with Crippen molar-refractivity contribution in [3.63, 3.8) is 0 Å². The Morgan fingerprint density at radius 3 is 3.18 bits per heavy atom. The third kappa shape index (κ3) is 2.54. The summed E-state index contributed by atoms with van der Waals surface area (Å²) in [6.45, 7) is 2.85. The highest BCUT2D eigenvalue weighted by Crippen LogP contribution is 2.28. The molecule has 5 heteroatoms. The highest BCUT2D eigenvalue weighted by Gasteiger charge is 2.30. The summed E-state index contributed by atoms with van der Waals surface area (Å²) < 4.78 is 0. The smallest absolute Gasteiger partial charge is 0.260 e. The minimum Gasteiger partial charge on any atom is -0.328 e. The van der Waals surface area contributed by atoms with Crippen LogP contribution < -0.4 is 5.56 Å². The van der Waals surface area contributed by atoms with Gasteiger partial charge in [0.15, 0.2) is 0 Å². The molecule has 2 heterocycles. The van der Waals surface area contributed by atoms with Crippen LogP contribution in [0.25, 0.3) is 0 Å². The summed E-state index contributed by atoms with van der Waals surface area (Å²) >= 11 is 1.80. The SMILES string of the molecule is CCCC1SCCN1C(=O)c1ccc[nH]c1=O. The summed E-state index contributed by atoms with van der Waals surface area (Å²) in [5.74, 6) is 0.816. The molecule has 0 aliphatic carbocycles.